The van der Waals surface area contributed by atoms with Crippen LogP contribution in [0.3, 0.4) is 0 Å². The van der Waals surface area contributed by atoms with Gasteiger partial charge in [-0.2, -0.15) is 0 Å². The largest absolute Gasteiger partial charge is 0.486 e. The SMILES string of the molecule is CC(=O)/C(=C/c1cccc2c1OCCO2)C(=O)O. The van der Waals surface area contributed by atoms with Gasteiger partial charge < -0.3 is 14.6 Å². The van der Waals surface area contributed by atoms with E-state index in [0.29, 0.717) is 30.3 Å². The van der Waals surface area contributed by atoms with Crippen LogP contribution in [0.15, 0.2) is 23.8 Å². The summed E-state index contributed by atoms with van der Waals surface area (Å²) in [6.45, 7) is 2.08. The number of carbonyl (C=O) groups excluding carboxylic acids is 1. The molecule has 0 unspecified atom stereocenters. The molecular formula is C13H12O5. The van der Waals surface area contributed by atoms with Crippen molar-refractivity contribution in [1.29, 1.82) is 0 Å². The van der Waals surface area contributed by atoms with E-state index >= 15 is 0 Å². The van der Waals surface area contributed by atoms with Crippen LogP contribution in [0.5, 0.6) is 11.5 Å². The highest BCUT2D eigenvalue weighted by Crippen LogP contribution is 2.34. The standard InChI is InChI=1S/C13H12O5/c1-8(14)10(13(15)16)7-9-3-2-4-11-12(9)18-6-5-17-11/h2-4,7H,5-6H2,1H3,(H,15,16)/b10-7-. The number of Topliss-reactive ketones (excluding diaryl/α,β-unsaturated/α-hetero) is 1. The van der Waals surface area contributed by atoms with Crippen LogP contribution in [0.2, 0.25) is 0 Å². The normalized spacial score (nSPS) is 14.2. The number of aliphatic carboxylic acids is 1. The topological polar surface area (TPSA) is 72.8 Å². The Labute approximate surface area is 104 Å². The minimum atomic E-state index is -1.25. The van der Waals surface area contributed by atoms with Crippen molar-refractivity contribution >= 4 is 17.8 Å². The molecule has 0 aromatic heterocycles. The molecule has 0 radical (unpaired) electrons. The van der Waals surface area contributed by atoms with E-state index in [0.717, 1.165) is 0 Å². The molecule has 0 bridgehead atoms. The summed E-state index contributed by atoms with van der Waals surface area (Å²) in [7, 11) is 0. The van der Waals surface area contributed by atoms with Crippen molar-refractivity contribution in [1.82, 2.24) is 0 Å². The van der Waals surface area contributed by atoms with E-state index in [1.165, 1.54) is 13.0 Å². The molecule has 18 heavy (non-hydrogen) atoms. The molecule has 1 aromatic carbocycles. The summed E-state index contributed by atoms with van der Waals surface area (Å²) in [6, 6.07) is 5.14. The van der Waals surface area contributed by atoms with Gasteiger partial charge in [-0.3, -0.25) is 4.79 Å². The Morgan fingerprint density at radius 1 is 1.28 bits per heavy atom. The van der Waals surface area contributed by atoms with E-state index < -0.39 is 11.8 Å². The van der Waals surface area contributed by atoms with E-state index in [1.54, 1.807) is 18.2 Å². The maximum Gasteiger partial charge on any atom is 0.339 e. The molecule has 5 nitrogen and oxygen atoms in total. The first-order valence-corrected chi connectivity index (χ1v) is 5.44. The zero-order chi connectivity index (χ0) is 13.1. The molecule has 0 aliphatic carbocycles. The van der Waals surface area contributed by atoms with Crippen LogP contribution in [0.1, 0.15) is 12.5 Å². The summed E-state index contributed by atoms with van der Waals surface area (Å²) in [5, 5.41) is 8.95. The Hall–Kier alpha value is -2.30. The van der Waals surface area contributed by atoms with E-state index in [1.807, 2.05) is 0 Å². The second kappa shape index (κ2) is 4.91. The molecule has 0 saturated heterocycles. The van der Waals surface area contributed by atoms with Crippen molar-refractivity contribution < 1.29 is 24.2 Å². The fraction of sp³-hybridized carbons (Fsp3) is 0.231. The third-order valence-corrected chi connectivity index (χ3v) is 2.51. The fourth-order valence-electron chi connectivity index (χ4n) is 1.68. The molecule has 1 aliphatic heterocycles. The number of carboxylic acid groups (broad SMARTS) is 1. The van der Waals surface area contributed by atoms with Gasteiger partial charge in [-0.05, 0) is 19.1 Å². The Bertz CT molecular complexity index is 514. The Kier molecular flexibility index (Phi) is 3.32. The van der Waals surface area contributed by atoms with E-state index in [4.69, 9.17) is 14.6 Å². The zero-order valence-electron chi connectivity index (χ0n) is 9.80. The molecule has 1 heterocycles. The molecule has 1 aliphatic rings. The summed E-state index contributed by atoms with van der Waals surface area (Å²) in [4.78, 5) is 22.2. The van der Waals surface area contributed by atoms with Gasteiger partial charge in [0.15, 0.2) is 17.3 Å². The molecule has 1 aromatic rings. The summed E-state index contributed by atoms with van der Waals surface area (Å²) in [5.41, 5.74) is 0.248. The molecule has 0 amide bonds. The first kappa shape index (κ1) is 12.2. The second-order valence-corrected chi connectivity index (χ2v) is 3.79. The van der Waals surface area contributed by atoms with Crippen molar-refractivity contribution in [3.05, 3.63) is 29.3 Å². The highest BCUT2D eigenvalue weighted by atomic mass is 16.6. The van der Waals surface area contributed by atoms with Crippen molar-refractivity contribution in [2.75, 3.05) is 13.2 Å². The minimum absolute atomic E-state index is 0.280. The van der Waals surface area contributed by atoms with Crippen molar-refractivity contribution in [2.45, 2.75) is 6.92 Å². The number of ketones is 1. The Morgan fingerprint density at radius 2 is 2.00 bits per heavy atom. The lowest BCUT2D eigenvalue weighted by Gasteiger charge is -2.19. The molecule has 0 spiro atoms. The Morgan fingerprint density at radius 3 is 2.67 bits per heavy atom. The predicted octanol–water partition coefficient (Wildman–Crippen LogP) is 1.51. The van der Waals surface area contributed by atoms with Gasteiger partial charge in [-0.15, -0.1) is 0 Å². The molecule has 5 heteroatoms. The molecular weight excluding hydrogens is 236 g/mol. The molecule has 1 N–H and O–H groups in total. The maximum absolute atomic E-state index is 11.2. The third kappa shape index (κ3) is 2.34. The fourth-order valence-corrected chi connectivity index (χ4v) is 1.68. The number of carboxylic acids is 1. The monoisotopic (exact) mass is 248 g/mol. The van der Waals surface area contributed by atoms with Gasteiger partial charge in [0.1, 0.15) is 18.8 Å². The van der Waals surface area contributed by atoms with Crippen LogP contribution in [0, 0.1) is 0 Å². The lowest BCUT2D eigenvalue weighted by atomic mass is 10.1. The number of hydrogen-bond donors (Lipinski definition) is 1. The van der Waals surface area contributed by atoms with Crippen LogP contribution in [-0.4, -0.2) is 30.1 Å². The first-order chi connectivity index (χ1) is 8.59. The highest BCUT2D eigenvalue weighted by Gasteiger charge is 2.18. The van der Waals surface area contributed by atoms with Gasteiger partial charge in [0.05, 0.1) is 0 Å². The van der Waals surface area contributed by atoms with Crippen molar-refractivity contribution in [3.63, 3.8) is 0 Å². The third-order valence-electron chi connectivity index (χ3n) is 2.51. The average Bonchev–Trinajstić information content (AvgIpc) is 2.35. The van der Waals surface area contributed by atoms with Crippen LogP contribution in [0.4, 0.5) is 0 Å². The molecule has 0 fully saturated rings. The minimum Gasteiger partial charge on any atom is -0.486 e. The zero-order valence-corrected chi connectivity index (χ0v) is 9.80. The smallest absolute Gasteiger partial charge is 0.339 e. The van der Waals surface area contributed by atoms with Crippen LogP contribution in [-0.2, 0) is 9.59 Å². The van der Waals surface area contributed by atoms with Crippen molar-refractivity contribution in [3.8, 4) is 11.5 Å². The van der Waals surface area contributed by atoms with E-state index in [-0.39, 0.29) is 5.57 Å². The molecule has 2 rings (SSSR count). The summed E-state index contributed by atoms with van der Waals surface area (Å²) >= 11 is 0. The maximum atomic E-state index is 11.2. The van der Waals surface area contributed by atoms with E-state index in [2.05, 4.69) is 0 Å². The van der Waals surface area contributed by atoms with Crippen LogP contribution >= 0.6 is 0 Å². The molecule has 0 saturated carbocycles. The summed E-state index contributed by atoms with van der Waals surface area (Å²) in [6.07, 6.45) is 1.30. The highest BCUT2D eigenvalue weighted by molar-refractivity contribution is 6.19. The number of hydrogen-bond acceptors (Lipinski definition) is 4. The first-order valence-electron chi connectivity index (χ1n) is 5.44. The number of para-hydroxylation sites is 1. The quantitative estimate of drug-likeness (QED) is 0.498. The van der Waals surface area contributed by atoms with Gasteiger partial charge in [0.25, 0.3) is 0 Å². The van der Waals surface area contributed by atoms with Gasteiger partial charge in [0.2, 0.25) is 0 Å². The molecule has 0 atom stereocenters. The summed E-state index contributed by atoms with van der Waals surface area (Å²) < 4.78 is 10.8. The van der Waals surface area contributed by atoms with Gasteiger partial charge in [-0.25, -0.2) is 4.79 Å². The predicted molar refractivity (Wildman–Crippen MR) is 63.7 cm³/mol. The van der Waals surface area contributed by atoms with E-state index in [9.17, 15) is 9.59 Å². The number of rotatable bonds is 3. The van der Waals surface area contributed by atoms with Gasteiger partial charge in [-0.1, -0.05) is 12.1 Å². The van der Waals surface area contributed by atoms with Crippen LogP contribution < -0.4 is 9.47 Å². The average molecular weight is 248 g/mol. The lowest BCUT2D eigenvalue weighted by Crippen LogP contribution is -2.16. The van der Waals surface area contributed by atoms with Crippen molar-refractivity contribution in [2.24, 2.45) is 0 Å². The van der Waals surface area contributed by atoms with Gasteiger partial charge in [0, 0.05) is 5.56 Å². The Balaban J connectivity index is 2.48. The van der Waals surface area contributed by atoms with Crippen LogP contribution in [0.25, 0.3) is 6.08 Å². The number of carbonyl (C=O) groups is 2. The lowest BCUT2D eigenvalue weighted by molar-refractivity contribution is -0.134. The van der Waals surface area contributed by atoms with Gasteiger partial charge >= 0.3 is 5.97 Å². The second-order valence-electron chi connectivity index (χ2n) is 3.79. The number of fused-ring (bicyclic) bond motifs is 1. The number of benzene rings is 1. The molecule has 94 valence electrons. The number of ether oxygens (including phenoxy) is 2. The summed E-state index contributed by atoms with van der Waals surface area (Å²) in [5.74, 6) is -0.722.